The summed E-state index contributed by atoms with van der Waals surface area (Å²) in [5, 5.41) is 15.0. The molecular formula is C25H23N5OS. The molecule has 1 atom stereocenters. The number of rotatable bonds is 4. The van der Waals surface area contributed by atoms with Crippen LogP contribution in [0.5, 0.6) is 0 Å². The number of amides is 1. The molecule has 7 heteroatoms. The number of thiophene rings is 1. The SMILES string of the molecule is O=C1N[C@H](c2cn[nH]c2-c2ccccc2)Nc2sc3c(c21)CCN(Cc1ccccc1)C3. The molecule has 4 heterocycles. The molecule has 32 heavy (non-hydrogen) atoms. The van der Waals surface area contributed by atoms with Crippen molar-refractivity contribution < 1.29 is 4.79 Å². The Morgan fingerprint density at radius 1 is 1.03 bits per heavy atom. The van der Waals surface area contributed by atoms with Gasteiger partial charge in [-0.3, -0.25) is 14.8 Å². The minimum absolute atomic E-state index is 0.00188. The molecule has 6 rings (SSSR count). The third kappa shape index (κ3) is 3.39. The lowest BCUT2D eigenvalue weighted by atomic mass is 9.99. The first-order valence-corrected chi connectivity index (χ1v) is 11.6. The standard InChI is InChI=1S/C25H23N5OS/c31-24-21-18-11-12-30(14-16-7-3-1-4-8-16)15-20(18)32-25(21)28-23(27-24)19-13-26-29-22(19)17-9-5-2-6-10-17/h1-10,13,23,28H,11-12,14-15H2,(H,26,29)(H,27,31)/t23-/m0/s1. The minimum Gasteiger partial charge on any atom is -0.352 e. The van der Waals surface area contributed by atoms with E-state index in [-0.39, 0.29) is 12.1 Å². The first kappa shape index (κ1) is 19.3. The Labute approximate surface area is 190 Å². The van der Waals surface area contributed by atoms with Crippen molar-refractivity contribution in [2.45, 2.75) is 25.7 Å². The number of nitrogens with zero attached hydrogens (tertiary/aromatic N) is 2. The van der Waals surface area contributed by atoms with E-state index in [1.165, 1.54) is 16.0 Å². The van der Waals surface area contributed by atoms with Gasteiger partial charge < -0.3 is 10.6 Å². The summed E-state index contributed by atoms with van der Waals surface area (Å²) in [5.74, 6) is -0.00188. The summed E-state index contributed by atoms with van der Waals surface area (Å²) in [4.78, 5) is 16.9. The van der Waals surface area contributed by atoms with Crippen molar-refractivity contribution >= 4 is 22.2 Å². The molecule has 1 amide bonds. The summed E-state index contributed by atoms with van der Waals surface area (Å²) in [6, 6.07) is 20.6. The number of nitrogens with one attached hydrogen (secondary N) is 3. The zero-order valence-electron chi connectivity index (χ0n) is 17.5. The molecule has 3 N–H and O–H groups in total. The molecule has 160 valence electrons. The maximum absolute atomic E-state index is 13.2. The lowest BCUT2D eigenvalue weighted by Gasteiger charge is -2.28. The largest absolute Gasteiger partial charge is 0.352 e. The summed E-state index contributed by atoms with van der Waals surface area (Å²) >= 11 is 1.71. The molecule has 0 unspecified atom stereocenters. The van der Waals surface area contributed by atoms with Gasteiger partial charge in [-0.05, 0) is 23.1 Å². The lowest BCUT2D eigenvalue weighted by molar-refractivity contribution is 0.0934. The van der Waals surface area contributed by atoms with Gasteiger partial charge in [0.25, 0.3) is 5.91 Å². The number of aromatic nitrogens is 2. The van der Waals surface area contributed by atoms with E-state index in [2.05, 4.69) is 56.1 Å². The van der Waals surface area contributed by atoms with Crippen LogP contribution < -0.4 is 10.6 Å². The van der Waals surface area contributed by atoms with Gasteiger partial charge in [0.05, 0.1) is 17.5 Å². The summed E-state index contributed by atoms with van der Waals surface area (Å²) < 4.78 is 0. The second-order valence-corrected chi connectivity index (χ2v) is 9.38. The summed E-state index contributed by atoms with van der Waals surface area (Å²) in [6.07, 6.45) is 2.37. The zero-order chi connectivity index (χ0) is 21.5. The van der Waals surface area contributed by atoms with Gasteiger partial charge in [-0.1, -0.05) is 60.7 Å². The number of carbonyl (C=O) groups excluding carboxylic acids is 1. The van der Waals surface area contributed by atoms with Crippen LogP contribution in [0.4, 0.5) is 5.00 Å². The van der Waals surface area contributed by atoms with Crippen LogP contribution in [0.2, 0.25) is 0 Å². The quantitative estimate of drug-likeness (QED) is 0.434. The maximum atomic E-state index is 13.2. The smallest absolute Gasteiger partial charge is 0.256 e. The van der Waals surface area contributed by atoms with E-state index in [9.17, 15) is 4.79 Å². The van der Waals surface area contributed by atoms with Crippen LogP contribution in [0, 0.1) is 0 Å². The number of anilines is 1. The highest BCUT2D eigenvalue weighted by atomic mass is 32.1. The Hall–Kier alpha value is -3.42. The minimum atomic E-state index is -0.315. The number of aromatic amines is 1. The maximum Gasteiger partial charge on any atom is 0.256 e. The summed E-state index contributed by atoms with van der Waals surface area (Å²) in [7, 11) is 0. The van der Waals surface area contributed by atoms with Crippen molar-refractivity contribution in [3.05, 3.63) is 94.0 Å². The highest BCUT2D eigenvalue weighted by molar-refractivity contribution is 7.16. The molecule has 0 radical (unpaired) electrons. The zero-order valence-corrected chi connectivity index (χ0v) is 18.3. The Balaban J connectivity index is 1.26. The molecule has 4 aromatic rings. The van der Waals surface area contributed by atoms with E-state index in [1.54, 1.807) is 17.5 Å². The normalized spacial score (nSPS) is 17.9. The second-order valence-electron chi connectivity index (χ2n) is 8.27. The topological polar surface area (TPSA) is 73.0 Å². The van der Waals surface area contributed by atoms with Gasteiger partial charge in [0.1, 0.15) is 11.2 Å². The van der Waals surface area contributed by atoms with Crippen LogP contribution in [0.1, 0.15) is 38.1 Å². The molecule has 6 nitrogen and oxygen atoms in total. The first-order valence-electron chi connectivity index (χ1n) is 10.8. The van der Waals surface area contributed by atoms with Crippen molar-refractivity contribution in [3.63, 3.8) is 0 Å². The van der Waals surface area contributed by atoms with Gasteiger partial charge in [-0.25, -0.2) is 0 Å². The Kier molecular flexibility index (Phi) is 4.78. The monoisotopic (exact) mass is 441 g/mol. The third-order valence-electron chi connectivity index (χ3n) is 6.20. The van der Waals surface area contributed by atoms with Gasteiger partial charge in [-0.2, -0.15) is 5.10 Å². The van der Waals surface area contributed by atoms with Crippen LogP contribution in [-0.4, -0.2) is 27.5 Å². The van der Waals surface area contributed by atoms with Crippen LogP contribution in [0.15, 0.2) is 66.9 Å². The average molecular weight is 442 g/mol. The third-order valence-corrected chi connectivity index (χ3v) is 7.35. The lowest BCUT2D eigenvalue weighted by Crippen LogP contribution is -2.39. The van der Waals surface area contributed by atoms with Gasteiger partial charge in [-0.15, -0.1) is 11.3 Å². The van der Waals surface area contributed by atoms with Gasteiger partial charge in [0, 0.05) is 30.1 Å². The molecule has 2 aliphatic rings. The molecule has 2 aliphatic heterocycles. The van der Waals surface area contributed by atoms with Crippen molar-refractivity contribution in [1.29, 1.82) is 0 Å². The predicted molar refractivity (Wildman–Crippen MR) is 126 cm³/mol. The fourth-order valence-electron chi connectivity index (χ4n) is 4.65. The number of hydrogen-bond donors (Lipinski definition) is 3. The molecule has 0 fully saturated rings. The fraction of sp³-hybridized carbons (Fsp3) is 0.200. The Morgan fingerprint density at radius 3 is 2.62 bits per heavy atom. The van der Waals surface area contributed by atoms with E-state index in [0.717, 1.165) is 53.4 Å². The van der Waals surface area contributed by atoms with Gasteiger partial charge >= 0.3 is 0 Å². The second kappa shape index (κ2) is 7.93. The molecule has 0 bridgehead atoms. The van der Waals surface area contributed by atoms with E-state index < -0.39 is 0 Å². The van der Waals surface area contributed by atoms with E-state index in [0.29, 0.717) is 0 Å². The number of H-pyrrole nitrogens is 1. The Bertz CT molecular complexity index is 1260. The van der Waals surface area contributed by atoms with Crippen molar-refractivity contribution in [1.82, 2.24) is 20.4 Å². The van der Waals surface area contributed by atoms with Crippen LogP contribution >= 0.6 is 11.3 Å². The molecule has 0 aliphatic carbocycles. The molecular weight excluding hydrogens is 418 g/mol. The van der Waals surface area contributed by atoms with Crippen LogP contribution in [0.3, 0.4) is 0 Å². The molecule has 2 aromatic heterocycles. The first-order chi connectivity index (χ1) is 15.8. The van der Waals surface area contributed by atoms with Gasteiger partial charge in [0.2, 0.25) is 0 Å². The van der Waals surface area contributed by atoms with E-state index in [1.807, 2.05) is 30.3 Å². The summed E-state index contributed by atoms with van der Waals surface area (Å²) in [6.45, 7) is 2.77. The van der Waals surface area contributed by atoms with E-state index >= 15 is 0 Å². The predicted octanol–water partition coefficient (Wildman–Crippen LogP) is 4.55. The van der Waals surface area contributed by atoms with Gasteiger partial charge in [0.15, 0.2) is 0 Å². The van der Waals surface area contributed by atoms with Crippen LogP contribution in [0.25, 0.3) is 11.3 Å². The van der Waals surface area contributed by atoms with Crippen molar-refractivity contribution in [3.8, 4) is 11.3 Å². The number of hydrogen-bond acceptors (Lipinski definition) is 5. The highest BCUT2D eigenvalue weighted by Gasteiger charge is 2.34. The number of carbonyl (C=O) groups is 1. The van der Waals surface area contributed by atoms with Crippen LogP contribution in [-0.2, 0) is 19.5 Å². The van der Waals surface area contributed by atoms with Crippen molar-refractivity contribution in [2.75, 3.05) is 11.9 Å². The Morgan fingerprint density at radius 2 is 1.81 bits per heavy atom. The average Bonchev–Trinajstić information content (AvgIpc) is 3.45. The highest BCUT2D eigenvalue weighted by Crippen LogP contribution is 2.41. The fourth-order valence-corrected chi connectivity index (χ4v) is 5.97. The number of benzene rings is 2. The molecule has 0 spiro atoms. The number of fused-ring (bicyclic) bond motifs is 3. The summed E-state index contributed by atoms with van der Waals surface area (Å²) in [5.41, 5.74) is 6.25. The molecule has 0 saturated carbocycles. The molecule has 2 aromatic carbocycles. The van der Waals surface area contributed by atoms with E-state index in [4.69, 9.17) is 0 Å². The molecule has 0 saturated heterocycles. The van der Waals surface area contributed by atoms with Crippen molar-refractivity contribution in [2.24, 2.45) is 0 Å².